The molecule has 8 nitrogen and oxygen atoms in total. The molecule has 2 amide bonds. The van der Waals surface area contributed by atoms with Crippen molar-refractivity contribution >= 4 is 11.8 Å². The first kappa shape index (κ1) is 17.2. The normalized spacial score (nSPS) is 12.3. The molecule has 0 spiro atoms. The summed E-state index contributed by atoms with van der Waals surface area (Å²) >= 11 is 0. The molecule has 4 aliphatic carbocycles. The molecular weight excluding hydrogens is 332 g/mol. The van der Waals surface area contributed by atoms with E-state index in [-0.39, 0.29) is 0 Å². The Bertz CT molecular complexity index is 919. The third-order valence-corrected chi connectivity index (χ3v) is 4.45. The van der Waals surface area contributed by atoms with Gasteiger partial charge >= 0.3 is 0 Å². The zero-order valence-corrected chi connectivity index (χ0v) is 13.8. The Labute approximate surface area is 148 Å². The third kappa shape index (κ3) is 3.57. The van der Waals surface area contributed by atoms with E-state index in [4.69, 9.17) is 11.1 Å². The molecule has 0 saturated carbocycles. The standard InChI is InChI=1S/C18H14N6O2/c19-23-21-17(25)15-9-11-1-2-12-4-6-14(8-7-13(15)5-3-11)16(10-12)18(26)22-24-20/h3-6,9-10H,1-2,7-8H2. The second-order valence-electron chi connectivity index (χ2n) is 5.97. The van der Waals surface area contributed by atoms with E-state index < -0.39 is 11.8 Å². The summed E-state index contributed by atoms with van der Waals surface area (Å²) in [5, 5.41) is 6.42. The zero-order chi connectivity index (χ0) is 18.5. The minimum atomic E-state index is -0.610. The molecule has 0 atom stereocenters. The van der Waals surface area contributed by atoms with E-state index in [1.807, 2.05) is 24.3 Å². The van der Waals surface area contributed by atoms with Crippen molar-refractivity contribution in [2.45, 2.75) is 25.7 Å². The lowest BCUT2D eigenvalue weighted by Crippen LogP contribution is -2.08. The van der Waals surface area contributed by atoms with Crippen molar-refractivity contribution in [2.24, 2.45) is 10.2 Å². The summed E-state index contributed by atoms with van der Waals surface area (Å²) in [6.07, 6.45) is 2.28. The van der Waals surface area contributed by atoms with Gasteiger partial charge in [0.1, 0.15) is 0 Å². The molecule has 26 heavy (non-hydrogen) atoms. The summed E-state index contributed by atoms with van der Waals surface area (Å²) in [6, 6.07) is 11.2. The van der Waals surface area contributed by atoms with Gasteiger partial charge in [-0.2, -0.15) is 0 Å². The monoisotopic (exact) mass is 346 g/mol. The molecule has 0 unspecified atom stereocenters. The van der Waals surface area contributed by atoms with Crippen molar-refractivity contribution in [2.75, 3.05) is 0 Å². The van der Waals surface area contributed by atoms with Crippen LogP contribution < -0.4 is 0 Å². The number of nitrogens with zero attached hydrogens (tertiary/aromatic N) is 6. The average molecular weight is 346 g/mol. The summed E-state index contributed by atoms with van der Waals surface area (Å²) in [5.74, 6) is -1.22. The summed E-state index contributed by atoms with van der Waals surface area (Å²) < 4.78 is 0. The lowest BCUT2D eigenvalue weighted by Gasteiger charge is -2.14. The van der Waals surface area contributed by atoms with Gasteiger partial charge in [-0.15, -0.1) is 0 Å². The first-order valence-corrected chi connectivity index (χ1v) is 8.05. The zero-order valence-electron chi connectivity index (χ0n) is 13.8. The molecule has 8 heteroatoms. The average Bonchev–Trinajstić information content (AvgIpc) is 2.63. The van der Waals surface area contributed by atoms with Crippen LogP contribution in [0.3, 0.4) is 0 Å². The van der Waals surface area contributed by atoms with E-state index in [1.165, 1.54) is 0 Å². The first-order valence-electron chi connectivity index (χ1n) is 8.05. The van der Waals surface area contributed by atoms with Gasteiger partial charge in [-0.25, -0.2) is 0 Å². The number of carbonyl (C=O) groups excluding carboxylic acids is 2. The maximum absolute atomic E-state index is 12.1. The van der Waals surface area contributed by atoms with E-state index in [9.17, 15) is 9.59 Å². The molecular formula is C18H14N6O2. The second kappa shape index (κ2) is 7.53. The van der Waals surface area contributed by atoms with Crippen molar-refractivity contribution in [1.29, 1.82) is 0 Å². The van der Waals surface area contributed by atoms with Crippen molar-refractivity contribution < 1.29 is 9.59 Å². The van der Waals surface area contributed by atoms with Crippen LogP contribution in [0.1, 0.15) is 43.0 Å². The second-order valence-corrected chi connectivity index (χ2v) is 5.97. The molecule has 2 aromatic rings. The van der Waals surface area contributed by atoms with Crippen LogP contribution >= 0.6 is 0 Å². The van der Waals surface area contributed by atoms with Gasteiger partial charge < -0.3 is 0 Å². The molecule has 128 valence electrons. The molecule has 0 fully saturated rings. The first-order chi connectivity index (χ1) is 12.6. The number of azide groups is 2. The van der Waals surface area contributed by atoms with Gasteiger partial charge in [0.15, 0.2) is 0 Å². The van der Waals surface area contributed by atoms with Gasteiger partial charge in [-0.3, -0.25) is 9.59 Å². The predicted octanol–water partition coefficient (Wildman–Crippen LogP) is 4.47. The van der Waals surface area contributed by atoms with Crippen LogP contribution in [-0.2, 0) is 25.7 Å². The van der Waals surface area contributed by atoms with Gasteiger partial charge in [-0.05, 0) is 81.4 Å². The van der Waals surface area contributed by atoms with Gasteiger partial charge in [0.05, 0.1) is 0 Å². The number of rotatable bonds is 2. The minimum Gasteiger partial charge on any atom is -0.287 e. The fourth-order valence-corrected chi connectivity index (χ4v) is 3.14. The Morgan fingerprint density at radius 2 is 1.15 bits per heavy atom. The number of hydrogen-bond acceptors (Lipinski definition) is 2. The quantitative estimate of drug-likeness (QED) is 0.451. The van der Waals surface area contributed by atoms with Crippen LogP contribution in [0.2, 0.25) is 0 Å². The molecule has 6 rings (SSSR count). The van der Waals surface area contributed by atoms with Crippen LogP contribution in [0.5, 0.6) is 0 Å². The maximum Gasteiger partial charge on any atom is 0.249 e. The van der Waals surface area contributed by atoms with Crippen LogP contribution in [0.15, 0.2) is 46.6 Å². The molecule has 4 bridgehead atoms. The lowest BCUT2D eigenvalue weighted by molar-refractivity contribution is 0.0990. The van der Waals surface area contributed by atoms with E-state index in [1.54, 1.807) is 12.1 Å². The van der Waals surface area contributed by atoms with E-state index >= 15 is 0 Å². The minimum absolute atomic E-state index is 0.387. The SMILES string of the molecule is [N-]=[N+]=NC(=O)c1cc2ccc1CCc1ccc(cc1C(=O)N=[N+]=[N-])CC2. The Hall–Kier alpha value is -3.60. The Kier molecular flexibility index (Phi) is 4.99. The molecule has 0 heterocycles. The number of amides is 2. The lowest BCUT2D eigenvalue weighted by atomic mass is 9.90. The summed E-state index contributed by atoms with van der Waals surface area (Å²) in [4.78, 5) is 29.4. The molecule has 0 N–H and O–H groups in total. The fraction of sp³-hybridized carbons (Fsp3) is 0.222. The highest BCUT2D eigenvalue weighted by Crippen LogP contribution is 2.23. The third-order valence-electron chi connectivity index (χ3n) is 4.45. The summed E-state index contributed by atoms with van der Waals surface area (Å²) in [5.41, 5.74) is 21.3. The van der Waals surface area contributed by atoms with Gasteiger partial charge in [0.2, 0.25) is 11.8 Å². The highest BCUT2D eigenvalue weighted by Gasteiger charge is 2.16. The van der Waals surface area contributed by atoms with Crippen molar-refractivity contribution in [3.8, 4) is 0 Å². The number of hydrogen-bond donors (Lipinski definition) is 0. The van der Waals surface area contributed by atoms with Crippen LogP contribution in [0, 0.1) is 0 Å². The molecule has 0 aromatic heterocycles. The molecule has 2 aromatic carbocycles. The summed E-state index contributed by atoms with van der Waals surface area (Å²) in [6.45, 7) is 0. The van der Waals surface area contributed by atoms with E-state index in [0.717, 1.165) is 22.3 Å². The van der Waals surface area contributed by atoms with Crippen LogP contribution in [0.25, 0.3) is 20.9 Å². The highest BCUT2D eigenvalue weighted by atomic mass is 16.2. The highest BCUT2D eigenvalue weighted by molar-refractivity contribution is 5.97. The smallest absolute Gasteiger partial charge is 0.249 e. The molecule has 4 aliphatic rings. The summed E-state index contributed by atoms with van der Waals surface area (Å²) in [7, 11) is 0. The van der Waals surface area contributed by atoms with Crippen LogP contribution in [-0.4, -0.2) is 11.8 Å². The number of aryl methyl sites for hydroxylation is 4. The van der Waals surface area contributed by atoms with Gasteiger partial charge in [-0.1, -0.05) is 24.3 Å². The van der Waals surface area contributed by atoms with Crippen molar-refractivity contribution in [3.05, 3.63) is 90.7 Å². The molecule has 0 radical (unpaired) electrons. The van der Waals surface area contributed by atoms with E-state index in [2.05, 4.69) is 20.1 Å². The fourth-order valence-electron chi connectivity index (χ4n) is 3.14. The number of benzene rings is 2. The molecule has 0 saturated heterocycles. The maximum atomic E-state index is 12.1. The number of carbonyl (C=O) groups is 2. The Balaban J connectivity index is 2.07. The van der Waals surface area contributed by atoms with Gasteiger partial charge in [0.25, 0.3) is 0 Å². The Morgan fingerprint density at radius 1 is 0.731 bits per heavy atom. The molecule has 0 aliphatic heterocycles. The largest absolute Gasteiger partial charge is 0.287 e. The van der Waals surface area contributed by atoms with Crippen LogP contribution in [0.4, 0.5) is 0 Å². The Morgan fingerprint density at radius 3 is 1.54 bits per heavy atom. The van der Waals surface area contributed by atoms with Crippen molar-refractivity contribution in [3.63, 3.8) is 0 Å². The van der Waals surface area contributed by atoms with E-state index in [0.29, 0.717) is 36.8 Å². The predicted molar refractivity (Wildman–Crippen MR) is 94.7 cm³/mol. The topological polar surface area (TPSA) is 132 Å². The van der Waals surface area contributed by atoms with Gasteiger partial charge in [0, 0.05) is 21.0 Å². The van der Waals surface area contributed by atoms with Crippen molar-refractivity contribution in [1.82, 2.24) is 0 Å².